The summed E-state index contributed by atoms with van der Waals surface area (Å²) >= 11 is 1.57. The van der Waals surface area contributed by atoms with Gasteiger partial charge in [-0.2, -0.15) is 0 Å². The van der Waals surface area contributed by atoms with Crippen molar-refractivity contribution in [2.45, 2.75) is 46.1 Å². The lowest BCUT2D eigenvalue weighted by Gasteiger charge is -2.04. The van der Waals surface area contributed by atoms with Crippen LogP contribution >= 0.6 is 11.3 Å². The second kappa shape index (κ2) is 6.77. The van der Waals surface area contributed by atoms with E-state index in [1.807, 2.05) is 6.07 Å². The van der Waals surface area contributed by atoms with Crippen LogP contribution < -0.4 is 5.32 Å². The minimum atomic E-state index is -0.500. The minimum Gasteiger partial charge on any atom is -0.392 e. The van der Waals surface area contributed by atoms with Gasteiger partial charge in [0.1, 0.15) is 0 Å². The molecule has 1 rings (SSSR count). The molecule has 1 atom stereocenters. The molecule has 0 fully saturated rings. The molecule has 0 saturated heterocycles. The number of thiophene rings is 1. The molecule has 0 bridgehead atoms. The lowest BCUT2D eigenvalue weighted by atomic mass is 10.1. The van der Waals surface area contributed by atoms with Gasteiger partial charge in [-0.25, -0.2) is 0 Å². The first kappa shape index (κ1) is 14.2. The predicted molar refractivity (Wildman–Crippen MR) is 71.7 cm³/mol. The van der Waals surface area contributed by atoms with Gasteiger partial charge in [0.2, 0.25) is 0 Å². The Hall–Kier alpha value is -0.870. The monoisotopic (exact) mass is 255 g/mol. The molecule has 0 aliphatic heterocycles. The van der Waals surface area contributed by atoms with E-state index in [2.05, 4.69) is 19.2 Å². The fourth-order valence-corrected chi connectivity index (χ4v) is 2.92. The number of nitrogens with one attached hydrogen (secondary N) is 1. The van der Waals surface area contributed by atoms with E-state index >= 15 is 0 Å². The number of carbonyl (C=O) groups is 1. The number of aliphatic hydroxyl groups is 1. The van der Waals surface area contributed by atoms with Gasteiger partial charge in [0.15, 0.2) is 0 Å². The Morgan fingerprint density at radius 1 is 1.53 bits per heavy atom. The zero-order chi connectivity index (χ0) is 12.8. The summed E-state index contributed by atoms with van der Waals surface area (Å²) in [5, 5.41) is 11.9. The molecule has 96 valence electrons. The number of carbonyl (C=O) groups excluding carboxylic acids is 1. The zero-order valence-corrected chi connectivity index (χ0v) is 11.6. The van der Waals surface area contributed by atoms with Crippen LogP contribution in [0.25, 0.3) is 0 Å². The van der Waals surface area contributed by atoms with E-state index in [-0.39, 0.29) is 5.91 Å². The van der Waals surface area contributed by atoms with Gasteiger partial charge in [-0.15, -0.1) is 11.3 Å². The van der Waals surface area contributed by atoms with E-state index in [0.29, 0.717) is 6.54 Å². The van der Waals surface area contributed by atoms with Crippen molar-refractivity contribution in [1.82, 2.24) is 5.32 Å². The van der Waals surface area contributed by atoms with Gasteiger partial charge < -0.3 is 10.4 Å². The summed E-state index contributed by atoms with van der Waals surface area (Å²) in [5.74, 6) is -0.0760. The maximum atomic E-state index is 11.8. The van der Waals surface area contributed by atoms with Gasteiger partial charge in [0.25, 0.3) is 5.91 Å². The van der Waals surface area contributed by atoms with Crippen LogP contribution in [0.4, 0.5) is 0 Å². The summed E-state index contributed by atoms with van der Waals surface area (Å²) in [5.41, 5.74) is 1.28. The zero-order valence-electron chi connectivity index (χ0n) is 10.7. The van der Waals surface area contributed by atoms with Crippen molar-refractivity contribution in [3.8, 4) is 0 Å². The van der Waals surface area contributed by atoms with E-state index in [9.17, 15) is 4.79 Å². The van der Waals surface area contributed by atoms with Gasteiger partial charge in [-0.1, -0.05) is 20.3 Å². The quantitative estimate of drug-likeness (QED) is 0.820. The van der Waals surface area contributed by atoms with Crippen LogP contribution in [0.2, 0.25) is 0 Å². The highest BCUT2D eigenvalue weighted by Gasteiger charge is 2.13. The summed E-state index contributed by atoms with van der Waals surface area (Å²) in [4.78, 5) is 13.9. The van der Waals surface area contributed by atoms with Crippen molar-refractivity contribution in [1.29, 1.82) is 0 Å². The third-order valence-corrected chi connectivity index (χ3v) is 3.77. The molecule has 0 aliphatic rings. The summed E-state index contributed by atoms with van der Waals surface area (Å²) in [6.07, 6.45) is 2.61. The van der Waals surface area contributed by atoms with E-state index < -0.39 is 6.10 Å². The third-order valence-electron chi connectivity index (χ3n) is 2.54. The molecule has 17 heavy (non-hydrogen) atoms. The molecule has 1 aromatic rings. The molecule has 0 saturated carbocycles. The fraction of sp³-hybridized carbons (Fsp3) is 0.615. The molecule has 0 aromatic carbocycles. The van der Waals surface area contributed by atoms with Crippen LogP contribution in [0.3, 0.4) is 0 Å². The first-order valence-electron chi connectivity index (χ1n) is 6.16. The van der Waals surface area contributed by atoms with Crippen LogP contribution in [0, 0.1) is 0 Å². The normalized spacial score (nSPS) is 12.5. The molecule has 3 nitrogen and oxygen atoms in total. The smallest absolute Gasteiger partial charge is 0.261 e. The van der Waals surface area contributed by atoms with Gasteiger partial charge in [-0.05, 0) is 31.4 Å². The van der Waals surface area contributed by atoms with Crippen LogP contribution in [0.15, 0.2) is 6.07 Å². The number of aliphatic hydroxyl groups excluding tert-OH is 1. The molecule has 0 aliphatic carbocycles. The number of aryl methyl sites for hydroxylation is 2. The highest BCUT2D eigenvalue weighted by molar-refractivity contribution is 7.14. The number of amides is 1. The van der Waals surface area contributed by atoms with Gasteiger partial charge in [0, 0.05) is 11.4 Å². The van der Waals surface area contributed by atoms with Crippen molar-refractivity contribution >= 4 is 17.2 Å². The predicted octanol–water partition coefficient (Wildman–Crippen LogP) is 2.37. The second-order valence-electron chi connectivity index (χ2n) is 4.22. The SMILES string of the molecule is CCCc1sc(C(=O)NCC(C)O)cc1CC. The van der Waals surface area contributed by atoms with Crippen molar-refractivity contribution < 1.29 is 9.90 Å². The van der Waals surface area contributed by atoms with Gasteiger partial charge in [-0.3, -0.25) is 4.79 Å². The van der Waals surface area contributed by atoms with Gasteiger partial charge >= 0.3 is 0 Å². The number of hydrogen-bond donors (Lipinski definition) is 2. The Morgan fingerprint density at radius 3 is 2.76 bits per heavy atom. The average molecular weight is 255 g/mol. The summed E-state index contributed by atoms with van der Waals surface area (Å²) < 4.78 is 0. The van der Waals surface area contributed by atoms with Crippen molar-refractivity contribution in [3.05, 3.63) is 21.4 Å². The molecule has 1 unspecified atom stereocenters. The Morgan fingerprint density at radius 2 is 2.24 bits per heavy atom. The molecule has 1 heterocycles. The maximum absolute atomic E-state index is 11.8. The summed E-state index contributed by atoms with van der Waals surface area (Å²) in [6.45, 7) is 6.22. The average Bonchev–Trinajstić information content (AvgIpc) is 2.69. The van der Waals surface area contributed by atoms with Crippen molar-refractivity contribution in [2.24, 2.45) is 0 Å². The van der Waals surface area contributed by atoms with Crippen LogP contribution in [-0.2, 0) is 12.8 Å². The Kier molecular flexibility index (Phi) is 5.65. The topological polar surface area (TPSA) is 49.3 Å². The summed E-state index contributed by atoms with van der Waals surface area (Å²) in [6, 6.07) is 1.98. The fourth-order valence-electron chi connectivity index (χ4n) is 1.64. The molecular weight excluding hydrogens is 234 g/mol. The molecule has 2 N–H and O–H groups in total. The first-order chi connectivity index (χ1) is 8.08. The van der Waals surface area contributed by atoms with Gasteiger partial charge in [0.05, 0.1) is 11.0 Å². The molecule has 0 spiro atoms. The number of rotatable bonds is 6. The second-order valence-corrected chi connectivity index (χ2v) is 5.36. The highest BCUT2D eigenvalue weighted by Crippen LogP contribution is 2.24. The molecule has 0 radical (unpaired) electrons. The first-order valence-corrected chi connectivity index (χ1v) is 6.97. The molecule has 4 heteroatoms. The maximum Gasteiger partial charge on any atom is 0.261 e. The van der Waals surface area contributed by atoms with Crippen LogP contribution in [-0.4, -0.2) is 23.7 Å². The Balaban J connectivity index is 2.73. The minimum absolute atomic E-state index is 0.0760. The number of hydrogen-bond acceptors (Lipinski definition) is 3. The van der Waals surface area contributed by atoms with E-state index in [0.717, 1.165) is 24.1 Å². The third kappa shape index (κ3) is 4.13. The van der Waals surface area contributed by atoms with Crippen LogP contribution in [0.1, 0.15) is 47.3 Å². The lowest BCUT2D eigenvalue weighted by molar-refractivity contribution is 0.0928. The van der Waals surface area contributed by atoms with Crippen molar-refractivity contribution in [2.75, 3.05) is 6.54 Å². The lowest BCUT2D eigenvalue weighted by Crippen LogP contribution is -2.29. The Labute approximate surface area is 107 Å². The van der Waals surface area contributed by atoms with E-state index in [1.165, 1.54) is 10.4 Å². The standard InChI is InChI=1S/C13H21NO2S/c1-4-6-11-10(5-2)7-12(17-11)13(16)14-8-9(3)15/h7,9,15H,4-6,8H2,1-3H3,(H,14,16). The van der Waals surface area contributed by atoms with Crippen molar-refractivity contribution in [3.63, 3.8) is 0 Å². The Bertz CT molecular complexity index is 371. The van der Waals surface area contributed by atoms with E-state index in [4.69, 9.17) is 5.11 Å². The largest absolute Gasteiger partial charge is 0.392 e. The van der Waals surface area contributed by atoms with Crippen LogP contribution in [0.5, 0.6) is 0 Å². The molecular formula is C13H21NO2S. The summed E-state index contributed by atoms with van der Waals surface area (Å²) in [7, 11) is 0. The van der Waals surface area contributed by atoms with E-state index in [1.54, 1.807) is 18.3 Å². The molecule has 1 amide bonds. The molecule has 1 aromatic heterocycles. The highest BCUT2D eigenvalue weighted by atomic mass is 32.1.